The van der Waals surface area contributed by atoms with E-state index in [1.165, 1.54) is 4.90 Å². The molecule has 0 aromatic heterocycles. The molecular formula is C28H29ClN2O2. The summed E-state index contributed by atoms with van der Waals surface area (Å²) < 4.78 is 36.5. The maximum Gasteiger partial charge on any atom is 0.314 e. The molecule has 0 aliphatic carbocycles. The summed E-state index contributed by atoms with van der Waals surface area (Å²) in [6.45, 7) is -2.53. The summed E-state index contributed by atoms with van der Waals surface area (Å²) in [6, 6.07) is 28.0. The van der Waals surface area contributed by atoms with Gasteiger partial charge in [0.1, 0.15) is 5.41 Å². The van der Waals surface area contributed by atoms with E-state index in [4.69, 9.17) is 2.74 Å². The number of halogens is 1. The fourth-order valence-corrected chi connectivity index (χ4v) is 4.39. The summed E-state index contributed by atoms with van der Waals surface area (Å²) in [5, 5.41) is 20.7. The quantitative estimate of drug-likeness (QED) is 0.506. The van der Waals surface area contributed by atoms with Crippen LogP contribution in [0.25, 0.3) is 0 Å². The molecule has 0 bridgehead atoms. The summed E-state index contributed by atoms with van der Waals surface area (Å²) in [4.78, 5) is 13.7. The van der Waals surface area contributed by atoms with Gasteiger partial charge in [-0.25, -0.2) is 0 Å². The Morgan fingerprint density at radius 2 is 1.39 bits per heavy atom. The van der Waals surface area contributed by atoms with Gasteiger partial charge in [0, 0.05) is 12.0 Å². The Labute approximate surface area is 207 Å². The fraction of sp³-hybridized carbons (Fsp3) is 0.286. The van der Waals surface area contributed by atoms with E-state index >= 15 is 0 Å². The van der Waals surface area contributed by atoms with Gasteiger partial charge >= 0.3 is 5.97 Å². The molecule has 0 saturated carbocycles. The molecule has 3 aromatic carbocycles. The van der Waals surface area contributed by atoms with Crippen molar-refractivity contribution in [1.82, 2.24) is 4.90 Å². The molecule has 1 N–H and O–H groups in total. The van der Waals surface area contributed by atoms with E-state index in [0.717, 1.165) is 0 Å². The van der Waals surface area contributed by atoms with Crippen molar-refractivity contribution in [1.29, 1.82) is 5.26 Å². The molecule has 0 spiro atoms. The number of carbonyl (C=O) groups is 1. The van der Waals surface area contributed by atoms with E-state index in [9.17, 15) is 17.9 Å². The van der Waals surface area contributed by atoms with Crippen molar-refractivity contribution in [2.24, 2.45) is 0 Å². The lowest BCUT2D eigenvalue weighted by Gasteiger charge is -2.40. The highest BCUT2D eigenvalue weighted by molar-refractivity contribution is 5.85. The third-order valence-corrected chi connectivity index (χ3v) is 6.34. The third-order valence-electron chi connectivity index (χ3n) is 6.34. The van der Waals surface area contributed by atoms with Crippen molar-refractivity contribution in [2.45, 2.75) is 30.0 Å². The zero-order valence-corrected chi connectivity index (χ0v) is 19.0. The van der Waals surface area contributed by atoms with Gasteiger partial charge in [0.2, 0.25) is 0 Å². The highest BCUT2D eigenvalue weighted by Gasteiger charge is 2.43. The number of rotatable bonds is 7. The molecule has 0 amide bonds. The van der Waals surface area contributed by atoms with E-state index in [-0.39, 0.29) is 38.3 Å². The molecule has 1 aliphatic heterocycles. The van der Waals surface area contributed by atoms with Crippen LogP contribution >= 0.6 is 12.4 Å². The largest absolute Gasteiger partial charge is 0.481 e. The standard InChI is InChI=1S/C28H28N2O2.ClH/c29-22-28(24-12-6-2-7-13-24,25-14-8-3-9-15-25)18-21-30-19-16-27(17-20-30,26(31)32)23-10-4-1-5-11-23;/h1-15H,16-21H2,(H,31,32);1H/i18D2,21D2;. The second-order valence-corrected chi connectivity index (χ2v) is 8.07. The Kier molecular flexibility index (Phi) is 6.25. The van der Waals surface area contributed by atoms with Crippen LogP contribution in [0.3, 0.4) is 0 Å². The number of benzene rings is 3. The highest BCUT2D eigenvalue weighted by atomic mass is 35.5. The molecule has 4 nitrogen and oxygen atoms in total. The Bertz CT molecular complexity index is 1200. The van der Waals surface area contributed by atoms with Crippen LogP contribution in [-0.4, -0.2) is 35.6 Å². The van der Waals surface area contributed by atoms with Crippen LogP contribution in [0.5, 0.6) is 0 Å². The second-order valence-electron chi connectivity index (χ2n) is 8.07. The van der Waals surface area contributed by atoms with Crippen molar-refractivity contribution in [2.75, 3.05) is 19.6 Å². The van der Waals surface area contributed by atoms with E-state index in [0.29, 0.717) is 16.7 Å². The van der Waals surface area contributed by atoms with Gasteiger partial charge in [-0.1, -0.05) is 91.0 Å². The Balaban J connectivity index is 0.00000380. The minimum atomic E-state index is -2.70. The molecule has 0 unspecified atom stereocenters. The molecule has 33 heavy (non-hydrogen) atoms. The van der Waals surface area contributed by atoms with Crippen molar-refractivity contribution in [3.63, 3.8) is 0 Å². The number of nitrogens with zero attached hydrogens (tertiary/aromatic N) is 2. The Hall–Kier alpha value is -3.13. The molecule has 5 heteroatoms. The number of carboxylic acids is 1. The molecule has 170 valence electrons. The zero-order valence-electron chi connectivity index (χ0n) is 22.1. The zero-order chi connectivity index (χ0) is 26.0. The van der Waals surface area contributed by atoms with Crippen molar-refractivity contribution in [3.8, 4) is 6.07 Å². The average Bonchev–Trinajstić information content (AvgIpc) is 2.91. The molecule has 3 aromatic rings. The lowest BCUT2D eigenvalue weighted by molar-refractivity contribution is -0.146. The van der Waals surface area contributed by atoms with Crippen LogP contribution in [0, 0.1) is 11.3 Å². The summed E-state index contributed by atoms with van der Waals surface area (Å²) >= 11 is 0. The Morgan fingerprint density at radius 3 is 1.82 bits per heavy atom. The second kappa shape index (κ2) is 10.7. The van der Waals surface area contributed by atoms with Gasteiger partial charge in [0.15, 0.2) is 0 Å². The van der Waals surface area contributed by atoms with Gasteiger partial charge in [-0.15, -0.1) is 12.4 Å². The molecular weight excluding hydrogens is 432 g/mol. The normalized spacial score (nSPS) is 18.4. The first-order valence-corrected chi connectivity index (χ1v) is 10.7. The predicted molar refractivity (Wildman–Crippen MR) is 133 cm³/mol. The van der Waals surface area contributed by atoms with E-state index in [1.807, 2.05) is 6.07 Å². The lowest BCUT2D eigenvalue weighted by atomic mass is 9.71. The average molecular weight is 465 g/mol. The predicted octanol–water partition coefficient (Wildman–Crippen LogP) is 5.43. The van der Waals surface area contributed by atoms with Crippen LogP contribution in [0.15, 0.2) is 91.0 Å². The minimum Gasteiger partial charge on any atom is -0.481 e. The number of piperidine rings is 1. The van der Waals surface area contributed by atoms with Gasteiger partial charge in [0.25, 0.3) is 0 Å². The summed E-state index contributed by atoms with van der Waals surface area (Å²) in [6.07, 6.45) is -2.45. The first kappa shape index (κ1) is 19.3. The summed E-state index contributed by atoms with van der Waals surface area (Å²) in [5.41, 5.74) is -1.76. The first-order valence-electron chi connectivity index (χ1n) is 12.7. The summed E-state index contributed by atoms with van der Waals surface area (Å²) in [7, 11) is 0. The number of hydrogen-bond donors (Lipinski definition) is 1. The highest BCUT2D eigenvalue weighted by Crippen LogP contribution is 2.38. The molecule has 4 rings (SSSR count). The molecule has 0 atom stereocenters. The van der Waals surface area contributed by atoms with Crippen LogP contribution in [0.1, 0.15) is 41.4 Å². The monoisotopic (exact) mass is 464 g/mol. The number of hydrogen-bond acceptors (Lipinski definition) is 3. The van der Waals surface area contributed by atoms with Gasteiger partial charge in [-0.2, -0.15) is 5.26 Å². The van der Waals surface area contributed by atoms with Crippen molar-refractivity contribution < 1.29 is 15.4 Å². The Morgan fingerprint density at radius 1 is 0.939 bits per heavy atom. The number of carboxylic acid groups (broad SMARTS) is 1. The number of nitriles is 1. The number of aliphatic carboxylic acids is 1. The maximum atomic E-state index is 12.4. The van der Waals surface area contributed by atoms with Crippen LogP contribution in [0.4, 0.5) is 0 Å². The summed E-state index contributed by atoms with van der Waals surface area (Å²) in [5.74, 6) is -0.975. The van der Waals surface area contributed by atoms with E-state index in [1.54, 1.807) is 84.9 Å². The molecule has 1 aliphatic rings. The van der Waals surface area contributed by atoms with Crippen LogP contribution in [-0.2, 0) is 15.6 Å². The minimum absolute atomic E-state index is 0. The van der Waals surface area contributed by atoms with Crippen molar-refractivity contribution >= 4 is 18.4 Å². The van der Waals surface area contributed by atoms with Crippen molar-refractivity contribution in [3.05, 3.63) is 108 Å². The third kappa shape index (κ3) is 4.80. The molecule has 1 heterocycles. The molecule has 1 fully saturated rings. The van der Waals surface area contributed by atoms with Crippen LogP contribution < -0.4 is 0 Å². The molecule has 0 radical (unpaired) electrons. The van der Waals surface area contributed by atoms with Gasteiger partial charge in [0.05, 0.1) is 11.5 Å². The molecule has 1 saturated heterocycles. The topological polar surface area (TPSA) is 64.3 Å². The van der Waals surface area contributed by atoms with Gasteiger partial charge in [-0.05, 0) is 49.0 Å². The lowest BCUT2D eigenvalue weighted by Crippen LogP contribution is -2.48. The fourth-order valence-electron chi connectivity index (χ4n) is 4.39. The van der Waals surface area contributed by atoms with Gasteiger partial charge < -0.3 is 10.0 Å². The van der Waals surface area contributed by atoms with E-state index < -0.39 is 29.7 Å². The van der Waals surface area contributed by atoms with Gasteiger partial charge in [-0.3, -0.25) is 4.79 Å². The van der Waals surface area contributed by atoms with Crippen LogP contribution in [0.2, 0.25) is 0 Å². The SMILES string of the molecule is Cl.[2H]C([2H])(N1CCC(C(=O)O)(c2ccccc2)CC1)C([2H])([2H])C(C#N)(c1ccccc1)c1ccccc1. The first-order chi connectivity index (χ1) is 17.1. The smallest absolute Gasteiger partial charge is 0.314 e. The van der Waals surface area contributed by atoms with E-state index in [2.05, 4.69) is 6.07 Å². The maximum absolute atomic E-state index is 12.4. The number of likely N-dealkylation sites (tertiary alicyclic amines) is 1.